The Labute approximate surface area is 364 Å². The molecule has 0 aliphatic carbocycles. The molecule has 5 aromatic rings. The van der Waals surface area contributed by atoms with Crippen LogP contribution in [-0.2, 0) is 28.5 Å². The highest BCUT2D eigenvalue weighted by Gasteiger charge is 2.54. The van der Waals surface area contributed by atoms with Gasteiger partial charge >= 0.3 is 0 Å². The largest absolute Gasteiger partial charge is 0.497 e. The van der Waals surface area contributed by atoms with E-state index < -0.39 is 47.0 Å². The number of benzene rings is 4. The van der Waals surface area contributed by atoms with Crippen LogP contribution in [0.1, 0.15) is 77.8 Å². The Morgan fingerprint density at radius 1 is 0.803 bits per heavy atom. The summed E-state index contributed by atoms with van der Waals surface area (Å²) in [4.78, 5) is 4.80. The molecule has 0 saturated carbocycles. The van der Waals surface area contributed by atoms with Crippen LogP contribution >= 0.6 is 8.53 Å². The number of imidazole rings is 1. The molecule has 4 aromatic carbocycles. The van der Waals surface area contributed by atoms with Gasteiger partial charge in [-0.25, -0.2) is 9.65 Å². The first-order chi connectivity index (χ1) is 29.1. The topological polar surface area (TPSA) is 109 Å². The summed E-state index contributed by atoms with van der Waals surface area (Å²) in [6.45, 7) is 20.1. The number of para-hydroxylation sites is 2. The van der Waals surface area contributed by atoms with Crippen molar-refractivity contribution in [3.8, 4) is 17.6 Å². The molecule has 5 atom stereocenters. The molecule has 61 heavy (non-hydrogen) atoms. The zero-order valence-corrected chi connectivity index (χ0v) is 39.5. The van der Waals surface area contributed by atoms with Crippen LogP contribution < -0.4 is 9.47 Å². The summed E-state index contributed by atoms with van der Waals surface area (Å²) in [5.41, 5.74) is 3.40. The second-order valence-corrected chi connectivity index (χ2v) is 23.6. The van der Waals surface area contributed by atoms with Crippen LogP contribution in [0.2, 0.25) is 18.1 Å². The normalized spacial score (nSPS) is 19.2. The average Bonchev–Trinajstić information content (AvgIpc) is 3.81. The van der Waals surface area contributed by atoms with Gasteiger partial charge in [0.1, 0.15) is 35.4 Å². The molecule has 11 nitrogen and oxygen atoms in total. The van der Waals surface area contributed by atoms with Gasteiger partial charge in [-0.05, 0) is 98.9 Å². The lowest BCUT2D eigenvalue weighted by Gasteiger charge is -2.42. The van der Waals surface area contributed by atoms with E-state index >= 15 is 0 Å². The van der Waals surface area contributed by atoms with Crippen LogP contribution in [0.3, 0.4) is 0 Å². The lowest BCUT2D eigenvalue weighted by atomic mass is 9.80. The molecule has 0 N–H and O–H groups in total. The van der Waals surface area contributed by atoms with E-state index in [0.29, 0.717) is 0 Å². The summed E-state index contributed by atoms with van der Waals surface area (Å²) in [5.74, 6) is 1.47. The van der Waals surface area contributed by atoms with E-state index in [9.17, 15) is 5.26 Å². The Morgan fingerprint density at radius 2 is 1.36 bits per heavy atom. The van der Waals surface area contributed by atoms with E-state index in [4.69, 9.17) is 37.4 Å². The smallest absolute Gasteiger partial charge is 0.259 e. The fraction of sp³-hybridized carbons (Fsp3) is 0.458. The molecule has 1 unspecified atom stereocenters. The molecular weight excluding hydrogens is 804 g/mol. The summed E-state index contributed by atoms with van der Waals surface area (Å²) in [5, 5.41) is 9.44. The van der Waals surface area contributed by atoms with Crippen LogP contribution in [0.5, 0.6) is 11.5 Å². The van der Waals surface area contributed by atoms with Crippen molar-refractivity contribution in [1.82, 2.24) is 14.2 Å². The minimum atomic E-state index is -2.50. The maximum absolute atomic E-state index is 9.57. The highest BCUT2D eigenvalue weighted by atomic mass is 31.2. The summed E-state index contributed by atoms with van der Waals surface area (Å²) in [6, 6.07) is 36.7. The second kappa shape index (κ2) is 19.9. The summed E-state index contributed by atoms with van der Waals surface area (Å²) < 4.78 is 51.9. The molecule has 2 heterocycles. The van der Waals surface area contributed by atoms with E-state index in [1.54, 1.807) is 14.2 Å². The predicted octanol–water partition coefficient (Wildman–Crippen LogP) is 11.0. The Kier molecular flexibility index (Phi) is 15.1. The highest BCUT2D eigenvalue weighted by Crippen LogP contribution is 2.53. The molecule has 1 fully saturated rings. The van der Waals surface area contributed by atoms with Crippen molar-refractivity contribution >= 4 is 27.9 Å². The number of hydrogen-bond donors (Lipinski definition) is 0. The molecule has 0 spiro atoms. The fourth-order valence-electron chi connectivity index (χ4n) is 7.70. The van der Waals surface area contributed by atoms with Gasteiger partial charge in [-0.1, -0.05) is 87.5 Å². The Hall–Kier alpha value is -4.15. The van der Waals surface area contributed by atoms with Gasteiger partial charge in [0.05, 0.1) is 57.3 Å². The van der Waals surface area contributed by atoms with E-state index in [1.807, 2.05) is 67.0 Å². The lowest BCUT2D eigenvalue weighted by Crippen LogP contribution is -2.50. The predicted molar refractivity (Wildman–Crippen MR) is 244 cm³/mol. The van der Waals surface area contributed by atoms with Crippen LogP contribution in [0.15, 0.2) is 109 Å². The summed E-state index contributed by atoms with van der Waals surface area (Å²) >= 11 is 0. The van der Waals surface area contributed by atoms with Gasteiger partial charge in [-0.2, -0.15) is 5.26 Å². The monoisotopic (exact) mass is 866 g/mol. The maximum Gasteiger partial charge on any atom is 0.259 e. The zero-order valence-electron chi connectivity index (χ0n) is 37.6. The van der Waals surface area contributed by atoms with Crippen molar-refractivity contribution in [2.24, 2.45) is 0 Å². The van der Waals surface area contributed by atoms with Crippen molar-refractivity contribution in [3.05, 3.63) is 126 Å². The second-order valence-electron chi connectivity index (χ2n) is 17.5. The van der Waals surface area contributed by atoms with E-state index in [0.717, 1.165) is 39.2 Å². The quantitative estimate of drug-likeness (QED) is 0.0344. The van der Waals surface area contributed by atoms with Gasteiger partial charge in [0, 0.05) is 12.1 Å². The van der Waals surface area contributed by atoms with Crippen LogP contribution in [0, 0.1) is 11.3 Å². The number of nitriles is 1. The number of ether oxygens (including phenoxy) is 4. The molecule has 1 aromatic heterocycles. The Bertz CT molecular complexity index is 2130. The first-order valence-corrected chi connectivity index (χ1v) is 25.2. The molecule has 0 radical (unpaired) electrons. The molecule has 13 heteroatoms. The molecular formula is C48H63N4O7PSi. The number of rotatable bonds is 19. The van der Waals surface area contributed by atoms with Crippen molar-refractivity contribution in [2.45, 2.75) is 115 Å². The molecule has 1 aliphatic rings. The molecule has 1 aliphatic heterocycles. The van der Waals surface area contributed by atoms with Crippen molar-refractivity contribution in [1.29, 1.82) is 5.26 Å². The molecule has 0 amide bonds. The van der Waals surface area contributed by atoms with Crippen LogP contribution in [0.25, 0.3) is 11.0 Å². The number of nitrogens with zero attached hydrogens (tertiary/aromatic N) is 4. The molecule has 6 rings (SSSR count). The minimum Gasteiger partial charge on any atom is -0.497 e. The average molecular weight is 867 g/mol. The van der Waals surface area contributed by atoms with E-state index in [2.05, 4.69) is 119 Å². The van der Waals surface area contributed by atoms with Crippen molar-refractivity contribution in [3.63, 3.8) is 0 Å². The van der Waals surface area contributed by atoms with Crippen LogP contribution in [-0.4, -0.2) is 80.4 Å². The highest BCUT2D eigenvalue weighted by molar-refractivity contribution is 7.44. The van der Waals surface area contributed by atoms with Gasteiger partial charge in [0.15, 0.2) is 14.5 Å². The molecule has 0 bridgehead atoms. The first kappa shape index (κ1) is 46.4. The first-order valence-electron chi connectivity index (χ1n) is 21.1. The van der Waals surface area contributed by atoms with Gasteiger partial charge in [0.2, 0.25) is 0 Å². The minimum absolute atomic E-state index is 0.0780. The van der Waals surface area contributed by atoms with Gasteiger partial charge < -0.3 is 37.0 Å². The van der Waals surface area contributed by atoms with E-state index in [-0.39, 0.29) is 36.8 Å². The Morgan fingerprint density at radius 3 is 1.90 bits per heavy atom. The van der Waals surface area contributed by atoms with Gasteiger partial charge in [0.25, 0.3) is 8.53 Å². The molecule has 1 saturated heterocycles. The third kappa shape index (κ3) is 10.1. The van der Waals surface area contributed by atoms with E-state index in [1.165, 1.54) is 0 Å². The number of aromatic nitrogens is 2. The standard InChI is InChI=1S/C48H63N4O7PSi/c1-34(2)52(35(3)4)60(56-31-17-30-49)58-44-43(57-46(45(44)59-61(10,11)47(5,6)7)51-33-50-41-20-15-16-21-42(41)51)32-55-48(36-18-13-12-14-19-36,37-22-26-39(53-8)27-23-37)38-24-28-40(54-9)29-25-38/h12-16,18-29,33-35,43-46H,17,31-32H2,1-11H3/t43-,44-,45-,46-,60?/m1/s1. The molecule has 326 valence electrons. The van der Waals surface area contributed by atoms with Crippen LogP contribution in [0.4, 0.5) is 0 Å². The van der Waals surface area contributed by atoms with Gasteiger partial charge in [-0.15, -0.1) is 0 Å². The summed E-state index contributed by atoms with van der Waals surface area (Å²) in [6.07, 6.45) is -0.486. The summed E-state index contributed by atoms with van der Waals surface area (Å²) in [7, 11) is -0.883. The maximum atomic E-state index is 9.57. The van der Waals surface area contributed by atoms with Crippen molar-refractivity contribution < 1.29 is 32.4 Å². The third-order valence-corrected chi connectivity index (χ3v) is 18.4. The SMILES string of the molecule is COc1ccc(C(OC[C@H]2O[C@@H](n3cnc4ccccc43)[C@H](O[Si](C)(C)C(C)(C)C)[C@@H]2OP(OCCC#N)N(C(C)C)C(C)C)(c2ccccc2)c2ccc(OC)cc2)cc1. The van der Waals surface area contributed by atoms with Gasteiger partial charge in [-0.3, -0.25) is 0 Å². The lowest BCUT2D eigenvalue weighted by molar-refractivity contribution is -0.0925. The fourth-order valence-corrected chi connectivity index (χ4v) is 10.8. The zero-order chi connectivity index (χ0) is 44.0. The van der Waals surface area contributed by atoms with Crippen molar-refractivity contribution in [2.75, 3.05) is 27.4 Å². The third-order valence-electron chi connectivity index (χ3n) is 11.8. The number of methoxy groups -OCH3 is 2. The number of hydrogen-bond acceptors (Lipinski definition) is 10. The Balaban J connectivity index is 1.54. The number of fused-ring (bicyclic) bond motifs is 1.